The summed E-state index contributed by atoms with van der Waals surface area (Å²) >= 11 is 0. The van der Waals surface area contributed by atoms with Crippen molar-refractivity contribution in [3.63, 3.8) is 0 Å². The normalized spacial score (nSPS) is 13.1. The summed E-state index contributed by atoms with van der Waals surface area (Å²) in [6, 6.07) is 8.62. The van der Waals surface area contributed by atoms with E-state index in [9.17, 15) is 17.2 Å². The minimum absolute atomic E-state index is 0.431. The van der Waals surface area contributed by atoms with E-state index in [1.807, 2.05) is 0 Å². The van der Waals surface area contributed by atoms with Crippen LogP contribution in [0.1, 0.15) is 18.5 Å². The van der Waals surface area contributed by atoms with Crippen molar-refractivity contribution >= 4 is 10.0 Å². The van der Waals surface area contributed by atoms with E-state index in [2.05, 4.69) is 0 Å². The first kappa shape index (κ1) is 17.4. The van der Waals surface area contributed by atoms with E-state index >= 15 is 0 Å². The van der Waals surface area contributed by atoms with Crippen molar-refractivity contribution in [2.75, 3.05) is 14.2 Å². The Kier molecular flexibility index (Phi) is 5.01. The molecule has 0 unspecified atom stereocenters. The molecule has 0 bridgehead atoms. The van der Waals surface area contributed by atoms with E-state index in [-0.39, 0.29) is 0 Å². The molecule has 0 saturated carbocycles. The van der Waals surface area contributed by atoms with Crippen LogP contribution >= 0.6 is 0 Å². The van der Waals surface area contributed by atoms with Gasteiger partial charge in [0.25, 0.3) is 0 Å². The first-order chi connectivity index (χ1) is 10.8. The Morgan fingerprint density at radius 1 is 1.09 bits per heavy atom. The number of ether oxygens (including phenoxy) is 1. The van der Waals surface area contributed by atoms with Crippen LogP contribution in [0.3, 0.4) is 0 Å². The average Bonchev–Trinajstić information content (AvgIpc) is 2.52. The van der Waals surface area contributed by atoms with Gasteiger partial charge in [0.1, 0.15) is 17.4 Å². The number of benzene rings is 2. The predicted octanol–water partition coefficient (Wildman–Crippen LogP) is 3.36. The molecule has 4 nitrogen and oxygen atoms in total. The second-order valence-corrected chi connectivity index (χ2v) is 7.04. The molecule has 0 amide bonds. The van der Waals surface area contributed by atoms with Crippen molar-refractivity contribution in [2.45, 2.75) is 17.9 Å². The molecule has 0 aromatic heterocycles. The summed E-state index contributed by atoms with van der Waals surface area (Å²) < 4.78 is 58.1. The van der Waals surface area contributed by atoms with Gasteiger partial charge in [0.15, 0.2) is 0 Å². The molecular weight excluding hydrogens is 324 g/mol. The number of nitrogens with zero attached hydrogens (tertiary/aromatic N) is 1. The smallest absolute Gasteiger partial charge is 0.243 e. The molecule has 124 valence electrons. The molecule has 2 aromatic carbocycles. The molecule has 0 radical (unpaired) electrons. The van der Waals surface area contributed by atoms with Crippen LogP contribution in [-0.2, 0) is 10.0 Å². The van der Waals surface area contributed by atoms with Crippen LogP contribution in [0, 0.1) is 11.6 Å². The van der Waals surface area contributed by atoms with Gasteiger partial charge in [-0.3, -0.25) is 0 Å². The topological polar surface area (TPSA) is 46.6 Å². The van der Waals surface area contributed by atoms with Crippen LogP contribution in [0.15, 0.2) is 47.4 Å². The molecule has 0 spiro atoms. The van der Waals surface area contributed by atoms with Gasteiger partial charge >= 0.3 is 0 Å². The van der Waals surface area contributed by atoms with Crippen LogP contribution < -0.4 is 4.74 Å². The van der Waals surface area contributed by atoms with E-state index in [1.165, 1.54) is 14.2 Å². The van der Waals surface area contributed by atoms with Crippen LogP contribution in [0.25, 0.3) is 0 Å². The number of para-hydroxylation sites is 1. The van der Waals surface area contributed by atoms with Crippen LogP contribution in [0.5, 0.6) is 5.75 Å². The van der Waals surface area contributed by atoms with Crippen molar-refractivity contribution in [1.82, 2.24) is 4.31 Å². The lowest BCUT2D eigenvalue weighted by Gasteiger charge is -2.26. The Labute approximate surface area is 134 Å². The van der Waals surface area contributed by atoms with Crippen LogP contribution in [-0.4, -0.2) is 26.9 Å². The summed E-state index contributed by atoms with van der Waals surface area (Å²) in [4.78, 5) is -0.431. The van der Waals surface area contributed by atoms with Crippen molar-refractivity contribution in [3.8, 4) is 5.75 Å². The maximum atomic E-state index is 13.3. The highest BCUT2D eigenvalue weighted by atomic mass is 32.2. The predicted molar refractivity (Wildman–Crippen MR) is 82.7 cm³/mol. The van der Waals surface area contributed by atoms with Crippen molar-refractivity contribution in [2.24, 2.45) is 0 Å². The summed E-state index contributed by atoms with van der Waals surface area (Å²) in [6.45, 7) is 1.67. The third-order valence-electron chi connectivity index (χ3n) is 3.65. The molecule has 0 fully saturated rings. The van der Waals surface area contributed by atoms with E-state index in [0.717, 1.165) is 16.4 Å². The second kappa shape index (κ2) is 6.64. The highest BCUT2D eigenvalue weighted by Crippen LogP contribution is 2.31. The van der Waals surface area contributed by atoms with Gasteiger partial charge in [-0.15, -0.1) is 0 Å². The molecule has 0 aliphatic carbocycles. The third kappa shape index (κ3) is 3.51. The van der Waals surface area contributed by atoms with Gasteiger partial charge in [0.05, 0.1) is 18.0 Å². The van der Waals surface area contributed by atoms with Crippen molar-refractivity contribution in [3.05, 3.63) is 59.7 Å². The standard InChI is InChI=1S/C16H17F2NO3S/c1-11(15-6-4-5-7-16(15)22-3)19(2)23(20,21)14-9-12(17)8-13(18)10-14/h4-11H,1-3H3/t11-/m0/s1. The van der Waals surface area contributed by atoms with Crippen LogP contribution in [0.4, 0.5) is 8.78 Å². The first-order valence-corrected chi connectivity index (χ1v) is 8.28. The fourth-order valence-corrected chi connectivity index (χ4v) is 3.64. The lowest BCUT2D eigenvalue weighted by molar-refractivity contribution is 0.367. The summed E-state index contributed by atoms with van der Waals surface area (Å²) in [5.74, 6) is -1.35. The Hall–Kier alpha value is -1.99. The van der Waals surface area contributed by atoms with Gasteiger partial charge in [-0.2, -0.15) is 4.31 Å². The summed E-state index contributed by atoms with van der Waals surface area (Å²) in [6.07, 6.45) is 0. The third-order valence-corrected chi connectivity index (χ3v) is 5.55. The van der Waals surface area contributed by atoms with E-state index in [1.54, 1.807) is 31.2 Å². The average molecular weight is 341 g/mol. The van der Waals surface area contributed by atoms with Gasteiger partial charge in [0.2, 0.25) is 10.0 Å². The van der Waals surface area contributed by atoms with Crippen LogP contribution in [0.2, 0.25) is 0 Å². The van der Waals surface area contributed by atoms with Gasteiger partial charge in [-0.25, -0.2) is 17.2 Å². The quantitative estimate of drug-likeness (QED) is 0.838. The van der Waals surface area contributed by atoms with Gasteiger partial charge in [0, 0.05) is 18.7 Å². The van der Waals surface area contributed by atoms with E-state index in [0.29, 0.717) is 17.4 Å². The highest BCUT2D eigenvalue weighted by Gasteiger charge is 2.28. The zero-order chi connectivity index (χ0) is 17.2. The molecule has 0 heterocycles. The molecule has 1 atom stereocenters. The molecule has 0 N–H and O–H groups in total. The molecule has 0 aliphatic heterocycles. The largest absolute Gasteiger partial charge is 0.496 e. The number of hydrogen-bond acceptors (Lipinski definition) is 3. The summed E-state index contributed by atoms with van der Waals surface area (Å²) in [5.41, 5.74) is 0.651. The molecule has 2 rings (SSSR count). The maximum Gasteiger partial charge on any atom is 0.243 e. The SMILES string of the molecule is COc1ccccc1[C@H](C)N(C)S(=O)(=O)c1cc(F)cc(F)c1. The molecule has 2 aromatic rings. The zero-order valence-corrected chi connectivity index (χ0v) is 13.8. The molecule has 23 heavy (non-hydrogen) atoms. The van der Waals surface area contributed by atoms with Gasteiger partial charge in [-0.1, -0.05) is 18.2 Å². The minimum atomic E-state index is -4.06. The highest BCUT2D eigenvalue weighted by molar-refractivity contribution is 7.89. The van der Waals surface area contributed by atoms with Gasteiger partial charge < -0.3 is 4.74 Å². The molecule has 0 saturated heterocycles. The molecule has 7 heteroatoms. The Morgan fingerprint density at radius 3 is 2.22 bits per heavy atom. The zero-order valence-electron chi connectivity index (χ0n) is 13.0. The lowest BCUT2D eigenvalue weighted by Crippen LogP contribution is -2.30. The van der Waals surface area contributed by atoms with E-state index in [4.69, 9.17) is 4.74 Å². The van der Waals surface area contributed by atoms with E-state index < -0.39 is 32.6 Å². The molecule has 0 aliphatic rings. The Bertz CT molecular complexity index is 788. The maximum absolute atomic E-state index is 13.3. The number of hydrogen-bond donors (Lipinski definition) is 0. The first-order valence-electron chi connectivity index (χ1n) is 6.84. The van der Waals surface area contributed by atoms with Crippen molar-refractivity contribution < 1.29 is 21.9 Å². The second-order valence-electron chi connectivity index (χ2n) is 5.04. The Morgan fingerprint density at radius 2 is 1.65 bits per heavy atom. The fourth-order valence-electron chi connectivity index (χ4n) is 2.26. The molecular formula is C16H17F2NO3S. The number of sulfonamides is 1. The van der Waals surface area contributed by atoms with Gasteiger partial charge in [-0.05, 0) is 25.1 Å². The number of rotatable bonds is 5. The monoisotopic (exact) mass is 341 g/mol. The Balaban J connectivity index is 2.43. The minimum Gasteiger partial charge on any atom is -0.496 e. The lowest BCUT2D eigenvalue weighted by atomic mass is 10.1. The fraction of sp³-hybridized carbons (Fsp3) is 0.250. The number of methoxy groups -OCH3 is 1. The summed E-state index contributed by atoms with van der Waals surface area (Å²) in [7, 11) is -1.21. The summed E-state index contributed by atoms with van der Waals surface area (Å²) in [5, 5.41) is 0. The number of halogens is 2. The van der Waals surface area contributed by atoms with Crippen molar-refractivity contribution in [1.29, 1.82) is 0 Å².